The van der Waals surface area contributed by atoms with Crippen molar-refractivity contribution in [1.82, 2.24) is 0 Å². The molecule has 86 valence electrons. The summed E-state index contributed by atoms with van der Waals surface area (Å²) in [7, 11) is 0. The SMILES string of the molecule is NC1(CC2CCC2)CC1c1cccc(O)c1. The highest BCUT2D eigenvalue weighted by Gasteiger charge is 2.52. The maximum absolute atomic E-state index is 9.46. The van der Waals surface area contributed by atoms with Crippen molar-refractivity contribution in [3.05, 3.63) is 29.8 Å². The van der Waals surface area contributed by atoms with E-state index in [2.05, 4.69) is 6.07 Å². The van der Waals surface area contributed by atoms with E-state index >= 15 is 0 Å². The van der Waals surface area contributed by atoms with Gasteiger partial charge in [-0.2, -0.15) is 0 Å². The zero-order valence-electron chi connectivity index (χ0n) is 9.52. The summed E-state index contributed by atoms with van der Waals surface area (Å²) in [5.74, 6) is 1.70. The molecule has 0 heterocycles. The van der Waals surface area contributed by atoms with Crippen LogP contribution in [0, 0.1) is 5.92 Å². The van der Waals surface area contributed by atoms with E-state index < -0.39 is 0 Å². The number of hydrogen-bond acceptors (Lipinski definition) is 2. The molecule has 2 atom stereocenters. The van der Waals surface area contributed by atoms with Crippen LogP contribution in [0.5, 0.6) is 5.75 Å². The van der Waals surface area contributed by atoms with Crippen molar-refractivity contribution < 1.29 is 5.11 Å². The molecule has 3 N–H and O–H groups in total. The molecule has 2 aliphatic rings. The van der Waals surface area contributed by atoms with Gasteiger partial charge in [-0.15, -0.1) is 0 Å². The zero-order valence-corrected chi connectivity index (χ0v) is 9.52. The van der Waals surface area contributed by atoms with Crippen LogP contribution in [0.15, 0.2) is 24.3 Å². The van der Waals surface area contributed by atoms with Crippen LogP contribution in [0.1, 0.15) is 43.6 Å². The molecular weight excluding hydrogens is 198 g/mol. The minimum atomic E-state index is 0.0267. The third-order valence-corrected chi connectivity index (χ3v) is 4.28. The van der Waals surface area contributed by atoms with Gasteiger partial charge in [0, 0.05) is 11.5 Å². The summed E-state index contributed by atoms with van der Waals surface area (Å²) in [6, 6.07) is 7.57. The first kappa shape index (κ1) is 10.2. The van der Waals surface area contributed by atoms with Gasteiger partial charge in [-0.1, -0.05) is 31.4 Å². The molecule has 2 unspecified atom stereocenters. The van der Waals surface area contributed by atoms with Gasteiger partial charge < -0.3 is 10.8 Å². The quantitative estimate of drug-likeness (QED) is 0.817. The van der Waals surface area contributed by atoms with Crippen molar-refractivity contribution >= 4 is 0 Å². The summed E-state index contributed by atoms with van der Waals surface area (Å²) in [5.41, 5.74) is 7.64. The van der Waals surface area contributed by atoms with E-state index in [0.717, 1.165) is 12.3 Å². The van der Waals surface area contributed by atoms with Crippen molar-refractivity contribution in [2.45, 2.75) is 43.6 Å². The second kappa shape index (κ2) is 3.49. The van der Waals surface area contributed by atoms with Gasteiger partial charge in [0.1, 0.15) is 5.75 Å². The van der Waals surface area contributed by atoms with Crippen LogP contribution in [0.4, 0.5) is 0 Å². The number of benzene rings is 1. The Morgan fingerprint density at radius 2 is 2.19 bits per heavy atom. The van der Waals surface area contributed by atoms with Gasteiger partial charge in [0.15, 0.2) is 0 Å². The molecule has 1 aromatic rings. The van der Waals surface area contributed by atoms with Crippen LogP contribution in [-0.4, -0.2) is 10.6 Å². The first-order chi connectivity index (χ1) is 7.67. The van der Waals surface area contributed by atoms with Crippen LogP contribution in [0.2, 0.25) is 0 Å². The van der Waals surface area contributed by atoms with Gasteiger partial charge in [-0.25, -0.2) is 0 Å². The molecule has 0 amide bonds. The molecule has 2 heteroatoms. The minimum absolute atomic E-state index is 0.0267. The fourth-order valence-corrected chi connectivity index (χ4v) is 2.97. The predicted octanol–water partition coefficient (Wildman–Crippen LogP) is 2.77. The van der Waals surface area contributed by atoms with E-state index in [4.69, 9.17) is 5.73 Å². The monoisotopic (exact) mass is 217 g/mol. The molecule has 0 radical (unpaired) electrons. The van der Waals surface area contributed by atoms with E-state index in [1.807, 2.05) is 12.1 Å². The Morgan fingerprint density at radius 3 is 2.81 bits per heavy atom. The van der Waals surface area contributed by atoms with E-state index in [1.54, 1.807) is 6.07 Å². The van der Waals surface area contributed by atoms with Crippen LogP contribution in [-0.2, 0) is 0 Å². The highest BCUT2D eigenvalue weighted by molar-refractivity contribution is 5.37. The van der Waals surface area contributed by atoms with Crippen molar-refractivity contribution in [2.24, 2.45) is 11.7 Å². The summed E-state index contributed by atoms with van der Waals surface area (Å²) < 4.78 is 0. The lowest BCUT2D eigenvalue weighted by Gasteiger charge is -2.28. The van der Waals surface area contributed by atoms with Crippen molar-refractivity contribution in [2.75, 3.05) is 0 Å². The number of phenolic OH excluding ortho intramolecular Hbond substituents is 1. The van der Waals surface area contributed by atoms with Gasteiger partial charge in [0.05, 0.1) is 0 Å². The van der Waals surface area contributed by atoms with Gasteiger partial charge >= 0.3 is 0 Å². The molecule has 0 aromatic heterocycles. The Bertz CT molecular complexity index is 399. The maximum Gasteiger partial charge on any atom is 0.115 e. The summed E-state index contributed by atoms with van der Waals surface area (Å²) >= 11 is 0. The Hall–Kier alpha value is -1.02. The standard InChI is InChI=1S/C14H19NO/c15-14(8-10-3-1-4-10)9-13(14)11-5-2-6-12(16)7-11/h2,5-7,10,13,16H,1,3-4,8-9,15H2. The molecule has 2 saturated carbocycles. The maximum atomic E-state index is 9.46. The van der Waals surface area contributed by atoms with Crippen molar-refractivity contribution in [3.8, 4) is 5.75 Å². The van der Waals surface area contributed by atoms with E-state index in [-0.39, 0.29) is 5.54 Å². The zero-order chi connectivity index (χ0) is 11.2. The summed E-state index contributed by atoms with van der Waals surface area (Å²) in [6.45, 7) is 0. The topological polar surface area (TPSA) is 46.2 Å². The minimum Gasteiger partial charge on any atom is -0.508 e. The number of aromatic hydroxyl groups is 1. The lowest BCUT2D eigenvalue weighted by atomic mass is 9.79. The second-order valence-corrected chi connectivity index (χ2v) is 5.59. The molecule has 2 fully saturated rings. The smallest absolute Gasteiger partial charge is 0.115 e. The summed E-state index contributed by atoms with van der Waals surface area (Å²) in [6.07, 6.45) is 6.38. The van der Waals surface area contributed by atoms with E-state index in [1.165, 1.54) is 31.2 Å². The van der Waals surface area contributed by atoms with E-state index in [0.29, 0.717) is 11.7 Å². The molecule has 0 bridgehead atoms. The van der Waals surface area contributed by atoms with Gasteiger partial charge in [-0.3, -0.25) is 0 Å². The normalized spacial score (nSPS) is 33.4. The van der Waals surface area contributed by atoms with Crippen LogP contribution < -0.4 is 5.73 Å². The fourth-order valence-electron chi connectivity index (χ4n) is 2.97. The molecule has 16 heavy (non-hydrogen) atoms. The van der Waals surface area contributed by atoms with E-state index in [9.17, 15) is 5.11 Å². The third kappa shape index (κ3) is 1.71. The van der Waals surface area contributed by atoms with Crippen LogP contribution >= 0.6 is 0 Å². The average Bonchev–Trinajstić information content (AvgIpc) is 2.86. The Morgan fingerprint density at radius 1 is 1.38 bits per heavy atom. The molecule has 2 nitrogen and oxygen atoms in total. The molecule has 0 spiro atoms. The Balaban J connectivity index is 1.69. The molecule has 0 aliphatic heterocycles. The van der Waals surface area contributed by atoms with Gasteiger partial charge in [-0.05, 0) is 36.5 Å². The summed E-state index contributed by atoms with van der Waals surface area (Å²) in [4.78, 5) is 0. The molecule has 0 saturated heterocycles. The lowest BCUT2D eigenvalue weighted by Crippen LogP contribution is -2.30. The largest absolute Gasteiger partial charge is 0.508 e. The van der Waals surface area contributed by atoms with Crippen LogP contribution in [0.3, 0.4) is 0 Å². The molecular formula is C14H19NO. The second-order valence-electron chi connectivity index (χ2n) is 5.59. The van der Waals surface area contributed by atoms with Crippen molar-refractivity contribution in [1.29, 1.82) is 0 Å². The first-order valence-corrected chi connectivity index (χ1v) is 6.25. The fraction of sp³-hybridized carbons (Fsp3) is 0.571. The molecule has 3 rings (SSSR count). The van der Waals surface area contributed by atoms with Crippen LogP contribution in [0.25, 0.3) is 0 Å². The van der Waals surface area contributed by atoms with Gasteiger partial charge in [0.25, 0.3) is 0 Å². The van der Waals surface area contributed by atoms with Gasteiger partial charge in [0.2, 0.25) is 0 Å². The number of hydrogen-bond donors (Lipinski definition) is 2. The highest BCUT2D eigenvalue weighted by Crippen LogP contribution is 2.55. The predicted molar refractivity (Wildman–Crippen MR) is 64.3 cm³/mol. The molecule has 1 aromatic carbocycles. The Labute approximate surface area is 96.5 Å². The third-order valence-electron chi connectivity index (χ3n) is 4.28. The summed E-state index contributed by atoms with van der Waals surface area (Å²) in [5, 5.41) is 9.46. The molecule has 2 aliphatic carbocycles. The van der Waals surface area contributed by atoms with Crippen molar-refractivity contribution in [3.63, 3.8) is 0 Å². The average molecular weight is 217 g/mol. The first-order valence-electron chi connectivity index (χ1n) is 6.25. The number of phenols is 1. The number of rotatable bonds is 3. The Kier molecular flexibility index (Phi) is 2.21. The highest BCUT2D eigenvalue weighted by atomic mass is 16.3. The number of nitrogens with two attached hydrogens (primary N) is 1. The lowest BCUT2D eigenvalue weighted by molar-refractivity contribution is 0.267.